The Morgan fingerprint density at radius 1 is 1.12 bits per heavy atom. The van der Waals surface area contributed by atoms with Crippen molar-refractivity contribution in [2.24, 2.45) is 33.7 Å². The Labute approximate surface area is 235 Å². The van der Waals surface area contributed by atoms with Crippen molar-refractivity contribution in [3.8, 4) is 0 Å². The highest BCUT2D eigenvalue weighted by Crippen LogP contribution is 2.66. The summed E-state index contributed by atoms with van der Waals surface area (Å²) in [5.74, 6) is -1.86. The summed E-state index contributed by atoms with van der Waals surface area (Å²) in [6.45, 7) is 4.99. The van der Waals surface area contributed by atoms with Gasteiger partial charge in [-0.15, -0.1) is 0 Å². The normalized spacial score (nSPS) is 42.7. The van der Waals surface area contributed by atoms with Gasteiger partial charge in [-0.2, -0.15) is 0 Å². The molecule has 0 aromatic heterocycles. The van der Waals surface area contributed by atoms with Gasteiger partial charge in [-0.1, -0.05) is 19.0 Å². The molecule has 5 fully saturated rings. The molecule has 0 amide bonds. The third kappa shape index (κ3) is 4.44. The van der Waals surface area contributed by atoms with Crippen LogP contribution in [0.25, 0.3) is 0 Å². The Balaban J connectivity index is 1.51. The van der Waals surface area contributed by atoms with Gasteiger partial charge in [-0.25, -0.2) is 14.7 Å². The number of oxime groups is 1. The number of nitrogens with zero attached hydrogens (tertiary/aromatic N) is 3. The molecule has 1 aliphatic heterocycles. The number of carbonyl (C=O) groups is 3. The second-order valence-corrected chi connectivity index (χ2v) is 13.1. The molecule has 1 heterocycles. The lowest BCUT2D eigenvalue weighted by Gasteiger charge is -2.63. The number of fused-ring (bicyclic) bond motifs is 5. The number of hydroxylamine groups is 2. The molecule has 4 saturated carbocycles. The van der Waals surface area contributed by atoms with E-state index in [1.165, 1.54) is 12.2 Å². The van der Waals surface area contributed by atoms with Gasteiger partial charge < -0.3 is 20.2 Å². The van der Waals surface area contributed by atoms with E-state index >= 15 is 0 Å². The number of likely N-dealkylation sites (tertiary alicyclic amines) is 1. The number of carboxylic acid groups (broad SMARTS) is 2. The summed E-state index contributed by atoms with van der Waals surface area (Å²) in [5.41, 5.74) is -2.28. The standard InChI is InChI=1S/C29H43N3O8/c1-27-11-10-20-18(19(27)7-8-23(27)33)14-22(30-39-4)29(38)16-17(9-12-28(20,29)2)32(21(26(36)37)15-25(34)35)40-24-6-5-13-31(24)3/h15,17-20,24,38H,5-14,16H2,1-4H3,(H,34,35)(H,36,37)/b21-15-,30-22+/t17?,18-,19-,20-,24?,27-,28+,29-/m0/s1. The molecular weight excluding hydrogens is 518 g/mol. The topological polar surface area (TPSA) is 149 Å². The first-order valence-electron chi connectivity index (χ1n) is 14.6. The van der Waals surface area contributed by atoms with E-state index in [4.69, 9.17) is 9.68 Å². The average molecular weight is 562 g/mol. The van der Waals surface area contributed by atoms with Gasteiger partial charge >= 0.3 is 11.9 Å². The first kappa shape index (κ1) is 29.0. The van der Waals surface area contributed by atoms with E-state index < -0.39 is 40.9 Å². The molecule has 5 aliphatic rings. The van der Waals surface area contributed by atoms with E-state index in [1.807, 2.05) is 11.9 Å². The summed E-state index contributed by atoms with van der Waals surface area (Å²) in [4.78, 5) is 50.3. The summed E-state index contributed by atoms with van der Waals surface area (Å²) in [6, 6.07) is -0.603. The molecule has 40 heavy (non-hydrogen) atoms. The number of hydrogen-bond acceptors (Lipinski definition) is 9. The van der Waals surface area contributed by atoms with Crippen LogP contribution in [0.3, 0.4) is 0 Å². The number of rotatable bonds is 7. The molecule has 222 valence electrons. The van der Waals surface area contributed by atoms with Crippen LogP contribution >= 0.6 is 0 Å². The summed E-state index contributed by atoms with van der Waals surface area (Å²) in [5, 5.41) is 37.7. The van der Waals surface area contributed by atoms with Crippen LogP contribution in [0.4, 0.5) is 0 Å². The highest BCUT2D eigenvalue weighted by Gasteiger charge is 2.67. The predicted octanol–water partition coefficient (Wildman–Crippen LogP) is 3.03. The van der Waals surface area contributed by atoms with Crippen molar-refractivity contribution in [1.82, 2.24) is 9.96 Å². The van der Waals surface area contributed by atoms with Crippen molar-refractivity contribution >= 4 is 23.4 Å². The number of carbonyl (C=O) groups excluding carboxylic acids is 1. The van der Waals surface area contributed by atoms with Gasteiger partial charge in [-0.05, 0) is 76.2 Å². The lowest BCUT2D eigenvalue weighted by Crippen LogP contribution is -2.68. The molecule has 8 atom stereocenters. The molecule has 2 unspecified atom stereocenters. The number of aliphatic carboxylic acids is 2. The van der Waals surface area contributed by atoms with E-state index in [0.29, 0.717) is 49.7 Å². The Bertz CT molecular complexity index is 1120. The van der Waals surface area contributed by atoms with Gasteiger partial charge in [0, 0.05) is 30.2 Å². The fourth-order valence-corrected chi connectivity index (χ4v) is 9.06. The van der Waals surface area contributed by atoms with Crippen LogP contribution in [0, 0.1) is 28.6 Å². The summed E-state index contributed by atoms with van der Waals surface area (Å²) in [7, 11) is 3.34. The smallest absolute Gasteiger partial charge is 0.354 e. The molecule has 4 aliphatic carbocycles. The Morgan fingerprint density at radius 3 is 2.50 bits per heavy atom. The third-order valence-electron chi connectivity index (χ3n) is 11.3. The first-order chi connectivity index (χ1) is 18.9. The van der Waals surface area contributed by atoms with E-state index in [0.717, 1.165) is 32.2 Å². The molecule has 3 N–H and O–H groups in total. The van der Waals surface area contributed by atoms with Gasteiger partial charge in [0.25, 0.3) is 0 Å². The van der Waals surface area contributed by atoms with E-state index in [2.05, 4.69) is 19.0 Å². The van der Waals surface area contributed by atoms with Gasteiger partial charge in [-0.3, -0.25) is 14.5 Å². The maximum Gasteiger partial charge on any atom is 0.354 e. The molecular formula is C29H43N3O8. The molecule has 1 saturated heterocycles. The Kier molecular flexibility index (Phi) is 7.54. The van der Waals surface area contributed by atoms with Crippen LogP contribution in [-0.2, 0) is 24.1 Å². The quantitative estimate of drug-likeness (QED) is 0.313. The van der Waals surface area contributed by atoms with Crippen molar-refractivity contribution in [2.45, 2.75) is 95.9 Å². The Morgan fingerprint density at radius 2 is 1.88 bits per heavy atom. The summed E-state index contributed by atoms with van der Waals surface area (Å²) >= 11 is 0. The molecule has 11 nitrogen and oxygen atoms in total. The minimum atomic E-state index is -1.42. The molecule has 0 bridgehead atoms. The monoisotopic (exact) mass is 561 g/mol. The lowest BCUT2D eigenvalue weighted by molar-refractivity contribution is -0.252. The van der Waals surface area contributed by atoms with Gasteiger partial charge in [0.1, 0.15) is 24.7 Å². The van der Waals surface area contributed by atoms with Crippen molar-refractivity contribution < 1.29 is 39.4 Å². The number of ketones is 1. The third-order valence-corrected chi connectivity index (χ3v) is 11.3. The second kappa shape index (κ2) is 10.4. The minimum absolute atomic E-state index is 0.121. The average Bonchev–Trinajstić information content (AvgIpc) is 3.43. The van der Waals surface area contributed by atoms with Crippen molar-refractivity contribution in [1.29, 1.82) is 0 Å². The fraction of sp³-hybridized carbons (Fsp3) is 0.793. The molecule has 0 aromatic rings. The number of carboxylic acids is 2. The highest BCUT2D eigenvalue weighted by molar-refractivity contribution is 5.95. The second-order valence-electron chi connectivity index (χ2n) is 13.1. The van der Waals surface area contributed by atoms with E-state index in [9.17, 15) is 29.7 Å². The molecule has 0 spiro atoms. The van der Waals surface area contributed by atoms with Crippen molar-refractivity contribution in [3.05, 3.63) is 11.8 Å². The number of Topliss-reactive ketones (excluding diaryl/α,β-unsaturated/α-hetero) is 1. The zero-order chi connectivity index (χ0) is 29.0. The number of hydrogen-bond donors (Lipinski definition) is 3. The predicted molar refractivity (Wildman–Crippen MR) is 144 cm³/mol. The largest absolute Gasteiger partial charge is 0.478 e. The van der Waals surface area contributed by atoms with Crippen LogP contribution < -0.4 is 0 Å². The molecule has 5 rings (SSSR count). The van der Waals surface area contributed by atoms with Gasteiger partial charge in [0.15, 0.2) is 5.70 Å². The van der Waals surface area contributed by atoms with E-state index in [1.54, 1.807) is 0 Å². The van der Waals surface area contributed by atoms with Crippen LogP contribution in [-0.4, -0.2) is 87.3 Å². The summed E-state index contributed by atoms with van der Waals surface area (Å²) < 4.78 is 0. The molecule has 11 heteroatoms. The van der Waals surface area contributed by atoms with Crippen LogP contribution in [0.2, 0.25) is 0 Å². The van der Waals surface area contributed by atoms with Crippen LogP contribution in [0.1, 0.15) is 78.1 Å². The van der Waals surface area contributed by atoms with Crippen LogP contribution in [0.15, 0.2) is 16.9 Å². The fourth-order valence-electron chi connectivity index (χ4n) is 9.06. The summed E-state index contributed by atoms with van der Waals surface area (Å²) in [6.07, 6.45) is 6.60. The maximum absolute atomic E-state index is 12.9. The number of aliphatic hydroxyl groups is 1. The zero-order valence-corrected chi connectivity index (χ0v) is 24.0. The van der Waals surface area contributed by atoms with Crippen molar-refractivity contribution in [2.75, 3.05) is 20.7 Å². The zero-order valence-electron chi connectivity index (χ0n) is 24.0. The highest BCUT2D eigenvalue weighted by atomic mass is 16.7. The lowest BCUT2D eigenvalue weighted by atomic mass is 9.43. The minimum Gasteiger partial charge on any atom is -0.478 e. The SMILES string of the molecule is CO/N=C1\C[C@H]2[C@@H]3CCC(=O)[C@@]3(C)CC[C@@H]2[C@@]2(C)CCC(N(OC3CCCN3C)/C(=C\C(=O)O)C(=O)O)C[C@]12O. The van der Waals surface area contributed by atoms with Crippen molar-refractivity contribution in [3.63, 3.8) is 0 Å². The first-order valence-corrected chi connectivity index (χ1v) is 14.6. The van der Waals surface area contributed by atoms with Crippen LogP contribution in [0.5, 0.6) is 0 Å². The van der Waals surface area contributed by atoms with Gasteiger partial charge in [0.05, 0.1) is 17.8 Å². The molecule has 0 radical (unpaired) electrons. The Hall–Kier alpha value is -2.50. The maximum atomic E-state index is 12.9. The van der Waals surface area contributed by atoms with E-state index in [-0.39, 0.29) is 29.6 Å². The molecule has 0 aromatic carbocycles. The van der Waals surface area contributed by atoms with Gasteiger partial charge in [0.2, 0.25) is 0 Å².